The highest BCUT2D eigenvalue weighted by atomic mass is 19.3. The van der Waals surface area contributed by atoms with Gasteiger partial charge in [0.25, 0.3) is 11.6 Å². The van der Waals surface area contributed by atoms with Crippen molar-refractivity contribution in [2.24, 2.45) is 0 Å². The van der Waals surface area contributed by atoms with Gasteiger partial charge in [0.1, 0.15) is 6.61 Å². The van der Waals surface area contributed by atoms with Crippen LogP contribution >= 0.6 is 0 Å². The van der Waals surface area contributed by atoms with Gasteiger partial charge in [0.2, 0.25) is 0 Å². The lowest BCUT2D eigenvalue weighted by Gasteiger charge is -2.15. The SMILES string of the molecule is Cc1cc(NCC(F)(F)CO)cc([N+](=O)[O-])c1. The summed E-state index contributed by atoms with van der Waals surface area (Å²) in [7, 11) is 0. The van der Waals surface area contributed by atoms with E-state index < -0.39 is 24.0 Å². The zero-order valence-corrected chi connectivity index (χ0v) is 9.11. The second-order valence-corrected chi connectivity index (χ2v) is 3.68. The maximum Gasteiger partial charge on any atom is 0.287 e. The van der Waals surface area contributed by atoms with E-state index in [2.05, 4.69) is 5.32 Å². The molecular weight excluding hydrogens is 234 g/mol. The Morgan fingerprint density at radius 3 is 2.65 bits per heavy atom. The summed E-state index contributed by atoms with van der Waals surface area (Å²) in [6.45, 7) is -0.416. The molecule has 0 aromatic heterocycles. The first-order valence-corrected chi connectivity index (χ1v) is 4.83. The van der Waals surface area contributed by atoms with E-state index in [1.165, 1.54) is 18.2 Å². The highest BCUT2D eigenvalue weighted by molar-refractivity contribution is 5.53. The van der Waals surface area contributed by atoms with Crippen LogP contribution in [0.4, 0.5) is 20.2 Å². The first kappa shape index (κ1) is 13.3. The van der Waals surface area contributed by atoms with Crippen LogP contribution in [0.25, 0.3) is 0 Å². The number of hydrogen-bond donors (Lipinski definition) is 2. The van der Waals surface area contributed by atoms with Gasteiger partial charge in [0, 0.05) is 17.8 Å². The van der Waals surface area contributed by atoms with Crippen molar-refractivity contribution in [3.63, 3.8) is 0 Å². The molecule has 2 N–H and O–H groups in total. The molecule has 0 aliphatic heterocycles. The minimum Gasteiger partial charge on any atom is -0.390 e. The Bertz CT molecular complexity index is 424. The van der Waals surface area contributed by atoms with Gasteiger partial charge < -0.3 is 10.4 Å². The number of benzene rings is 1. The van der Waals surface area contributed by atoms with E-state index in [9.17, 15) is 18.9 Å². The molecule has 17 heavy (non-hydrogen) atoms. The number of nitro benzene ring substituents is 1. The van der Waals surface area contributed by atoms with Crippen LogP contribution in [0.15, 0.2) is 18.2 Å². The van der Waals surface area contributed by atoms with Gasteiger partial charge in [0.05, 0.1) is 11.5 Å². The number of alkyl halides is 2. The second kappa shape index (κ2) is 5.05. The summed E-state index contributed by atoms with van der Waals surface area (Å²) in [4.78, 5) is 9.96. The number of non-ortho nitro benzene ring substituents is 1. The first-order chi connectivity index (χ1) is 7.84. The fourth-order valence-corrected chi connectivity index (χ4v) is 1.26. The molecule has 0 spiro atoms. The predicted molar refractivity (Wildman–Crippen MR) is 58.4 cm³/mol. The highest BCUT2D eigenvalue weighted by Crippen LogP contribution is 2.21. The molecule has 0 bridgehead atoms. The monoisotopic (exact) mass is 246 g/mol. The van der Waals surface area contributed by atoms with Crippen molar-refractivity contribution in [1.82, 2.24) is 0 Å². The molecule has 0 saturated carbocycles. The Hall–Kier alpha value is -1.76. The maximum atomic E-state index is 12.8. The minimum atomic E-state index is -3.25. The molecule has 0 unspecified atom stereocenters. The molecule has 1 aromatic carbocycles. The Labute approximate surface area is 96.2 Å². The molecule has 0 saturated heterocycles. The van der Waals surface area contributed by atoms with Crippen molar-refractivity contribution < 1.29 is 18.8 Å². The average molecular weight is 246 g/mol. The Kier molecular flexibility index (Phi) is 3.95. The predicted octanol–water partition coefficient (Wildman–Crippen LogP) is 1.94. The number of nitrogens with zero attached hydrogens (tertiary/aromatic N) is 1. The Balaban J connectivity index is 2.81. The number of nitrogens with one attached hydrogen (secondary N) is 1. The fourth-order valence-electron chi connectivity index (χ4n) is 1.26. The molecule has 94 valence electrons. The number of anilines is 1. The van der Waals surface area contributed by atoms with E-state index >= 15 is 0 Å². The smallest absolute Gasteiger partial charge is 0.287 e. The molecule has 0 amide bonds. The molecule has 0 aliphatic carbocycles. The number of hydrogen-bond acceptors (Lipinski definition) is 4. The topological polar surface area (TPSA) is 75.4 Å². The third-order valence-corrected chi connectivity index (χ3v) is 2.06. The van der Waals surface area contributed by atoms with Crippen LogP contribution in [0.3, 0.4) is 0 Å². The van der Waals surface area contributed by atoms with E-state index in [1.54, 1.807) is 6.92 Å². The third kappa shape index (κ3) is 3.95. The van der Waals surface area contributed by atoms with Gasteiger partial charge in [-0.2, -0.15) is 0 Å². The van der Waals surface area contributed by atoms with Gasteiger partial charge in [-0.25, -0.2) is 8.78 Å². The summed E-state index contributed by atoms with van der Waals surface area (Å²) in [5.41, 5.74) is 0.652. The molecule has 7 heteroatoms. The fraction of sp³-hybridized carbons (Fsp3) is 0.400. The van der Waals surface area contributed by atoms with Crippen LogP contribution in [0, 0.1) is 17.0 Å². The molecule has 1 aromatic rings. The van der Waals surface area contributed by atoms with Crippen LogP contribution < -0.4 is 5.32 Å². The number of aliphatic hydroxyl groups is 1. The number of halogens is 2. The zero-order chi connectivity index (χ0) is 13.1. The summed E-state index contributed by atoms with van der Waals surface area (Å²) in [5.74, 6) is -3.25. The lowest BCUT2D eigenvalue weighted by Crippen LogP contribution is -2.31. The lowest BCUT2D eigenvalue weighted by atomic mass is 10.2. The molecule has 0 atom stereocenters. The summed E-state index contributed by atoms with van der Waals surface area (Å²) >= 11 is 0. The van der Waals surface area contributed by atoms with Crippen LogP contribution in [0.2, 0.25) is 0 Å². The van der Waals surface area contributed by atoms with E-state index in [0.717, 1.165) is 0 Å². The van der Waals surface area contributed by atoms with Crippen LogP contribution in [0.1, 0.15) is 5.56 Å². The molecule has 0 radical (unpaired) electrons. The normalized spacial score (nSPS) is 11.3. The van der Waals surface area contributed by atoms with Crippen molar-refractivity contribution in [3.05, 3.63) is 33.9 Å². The summed E-state index contributed by atoms with van der Waals surface area (Å²) in [6, 6.07) is 4.02. The minimum absolute atomic E-state index is 0.167. The third-order valence-electron chi connectivity index (χ3n) is 2.06. The average Bonchev–Trinajstić information content (AvgIpc) is 2.26. The number of nitro groups is 1. The lowest BCUT2D eigenvalue weighted by molar-refractivity contribution is -0.384. The quantitative estimate of drug-likeness (QED) is 0.615. The second-order valence-electron chi connectivity index (χ2n) is 3.68. The van der Waals surface area contributed by atoms with Gasteiger partial charge in [-0.05, 0) is 18.6 Å². The van der Waals surface area contributed by atoms with E-state index in [0.29, 0.717) is 5.56 Å². The van der Waals surface area contributed by atoms with Crippen molar-refractivity contribution in [2.45, 2.75) is 12.8 Å². The van der Waals surface area contributed by atoms with Crippen molar-refractivity contribution >= 4 is 11.4 Å². The van der Waals surface area contributed by atoms with Crippen LogP contribution in [0.5, 0.6) is 0 Å². The van der Waals surface area contributed by atoms with Crippen molar-refractivity contribution in [2.75, 3.05) is 18.5 Å². The van der Waals surface area contributed by atoms with Crippen molar-refractivity contribution in [1.29, 1.82) is 0 Å². The van der Waals surface area contributed by atoms with E-state index in [1.807, 2.05) is 0 Å². The van der Waals surface area contributed by atoms with E-state index in [-0.39, 0.29) is 11.4 Å². The summed E-state index contributed by atoms with van der Waals surface area (Å²) in [6.07, 6.45) is 0. The molecule has 0 fully saturated rings. The van der Waals surface area contributed by atoms with Gasteiger partial charge >= 0.3 is 0 Å². The number of aryl methyl sites for hydroxylation is 1. The Morgan fingerprint density at radius 1 is 1.47 bits per heavy atom. The van der Waals surface area contributed by atoms with Crippen LogP contribution in [-0.4, -0.2) is 29.1 Å². The molecular formula is C10H12F2N2O3. The highest BCUT2D eigenvalue weighted by Gasteiger charge is 2.27. The van der Waals surface area contributed by atoms with Crippen LogP contribution in [-0.2, 0) is 0 Å². The van der Waals surface area contributed by atoms with E-state index in [4.69, 9.17) is 5.11 Å². The van der Waals surface area contributed by atoms with Gasteiger partial charge in [-0.15, -0.1) is 0 Å². The number of aliphatic hydroxyl groups excluding tert-OH is 1. The number of rotatable bonds is 5. The molecule has 0 heterocycles. The maximum absolute atomic E-state index is 12.8. The Morgan fingerprint density at radius 2 is 2.12 bits per heavy atom. The zero-order valence-electron chi connectivity index (χ0n) is 9.11. The van der Waals surface area contributed by atoms with Gasteiger partial charge in [-0.1, -0.05) is 0 Å². The van der Waals surface area contributed by atoms with Gasteiger partial charge in [0.15, 0.2) is 0 Å². The van der Waals surface area contributed by atoms with Gasteiger partial charge in [-0.3, -0.25) is 10.1 Å². The molecule has 0 aliphatic rings. The first-order valence-electron chi connectivity index (χ1n) is 4.83. The summed E-state index contributed by atoms with van der Waals surface area (Å²) in [5, 5.41) is 21.3. The molecule has 1 rings (SSSR count). The largest absolute Gasteiger partial charge is 0.390 e. The standard InChI is InChI=1S/C10H12F2N2O3/c1-7-2-8(4-9(3-7)14(16)17)13-5-10(11,12)6-15/h2-4,13,15H,5-6H2,1H3. The summed E-state index contributed by atoms with van der Waals surface area (Å²) < 4.78 is 25.5. The molecule has 5 nitrogen and oxygen atoms in total. The van der Waals surface area contributed by atoms with Crippen molar-refractivity contribution in [3.8, 4) is 0 Å².